The van der Waals surface area contributed by atoms with Crippen LogP contribution in [0.4, 0.5) is 5.69 Å². The molecule has 164 valence electrons. The number of rotatable bonds is 5. The summed E-state index contributed by atoms with van der Waals surface area (Å²) < 4.78 is 35.4. The summed E-state index contributed by atoms with van der Waals surface area (Å²) in [5.41, 5.74) is 2.68. The van der Waals surface area contributed by atoms with Crippen molar-refractivity contribution in [2.75, 3.05) is 30.6 Å². The van der Waals surface area contributed by atoms with Crippen LogP contribution in [0.1, 0.15) is 11.1 Å². The molecule has 0 bridgehead atoms. The fourth-order valence-corrected chi connectivity index (χ4v) is 7.78. The molecule has 2 fully saturated rings. The Morgan fingerprint density at radius 3 is 2.55 bits per heavy atom. The Hall–Kier alpha value is -2.52. The van der Waals surface area contributed by atoms with Crippen LogP contribution in [-0.4, -0.2) is 56.5 Å². The van der Waals surface area contributed by atoms with Gasteiger partial charge in [0, 0.05) is 11.3 Å². The number of hydrogen-bond acceptors (Lipinski definition) is 6. The molecule has 0 unspecified atom stereocenters. The molecule has 7 nitrogen and oxygen atoms in total. The topological polar surface area (TPSA) is 85.3 Å². The van der Waals surface area contributed by atoms with Crippen molar-refractivity contribution in [3.05, 3.63) is 53.6 Å². The number of anilines is 1. The zero-order valence-corrected chi connectivity index (χ0v) is 19.2. The van der Waals surface area contributed by atoms with E-state index in [1.165, 1.54) is 11.8 Å². The van der Waals surface area contributed by atoms with Crippen molar-refractivity contribution >= 4 is 38.4 Å². The number of benzene rings is 2. The van der Waals surface area contributed by atoms with E-state index in [4.69, 9.17) is 9.47 Å². The molecule has 0 spiro atoms. The smallest absolute Gasteiger partial charge is 0.252 e. The van der Waals surface area contributed by atoms with Crippen molar-refractivity contribution < 1.29 is 22.7 Å². The third-order valence-electron chi connectivity index (χ3n) is 5.41. The molecule has 2 atom stereocenters. The summed E-state index contributed by atoms with van der Waals surface area (Å²) in [5.74, 6) is 0.972. The molecular weight excluding hydrogens is 436 g/mol. The number of ether oxygens (including phenoxy) is 2. The molecule has 2 aromatic rings. The van der Waals surface area contributed by atoms with Gasteiger partial charge in [-0.25, -0.2) is 8.42 Å². The minimum absolute atomic E-state index is 0.0189. The average molecular weight is 461 g/mol. The van der Waals surface area contributed by atoms with E-state index in [-0.39, 0.29) is 35.1 Å². The van der Waals surface area contributed by atoms with Gasteiger partial charge in [-0.1, -0.05) is 41.6 Å². The van der Waals surface area contributed by atoms with Crippen molar-refractivity contribution in [1.29, 1.82) is 0 Å². The van der Waals surface area contributed by atoms with Crippen LogP contribution in [0.5, 0.6) is 11.5 Å². The first-order chi connectivity index (χ1) is 14.8. The summed E-state index contributed by atoms with van der Waals surface area (Å²) in [6.07, 6.45) is 0.186. The number of carbonyl (C=O) groups excluding carboxylic acids is 1. The van der Waals surface area contributed by atoms with Gasteiger partial charge in [-0.05, 0) is 24.6 Å². The van der Waals surface area contributed by atoms with Crippen LogP contribution in [0.2, 0.25) is 0 Å². The molecule has 9 heteroatoms. The maximum Gasteiger partial charge on any atom is 0.252 e. The van der Waals surface area contributed by atoms with Crippen molar-refractivity contribution in [1.82, 2.24) is 0 Å². The first-order valence-corrected chi connectivity index (χ1v) is 12.5. The highest BCUT2D eigenvalue weighted by molar-refractivity contribution is 8.16. The van der Waals surface area contributed by atoms with Crippen LogP contribution in [-0.2, 0) is 21.1 Å². The van der Waals surface area contributed by atoms with E-state index in [1.54, 1.807) is 26.4 Å². The van der Waals surface area contributed by atoms with Crippen molar-refractivity contribution in [3.63, 3.8) is 0 Å². The van der Waals surface area contributed by atoms with Gasteiger partial charge in [0.15, 0.2) is 15.0 Å². The lowest BCUT2D eigenvalue weighted by molar-refractivity contribution is -0.117. The molecule has 0 radical (unpaired) electrons. The minimum atomic E-state index is -3.15. The number of nitrogens with zero attached hydrogens (tertiary/aromatic N) is 2. The van der Waals surface area contributed by atoms with Gasteiger partial charge in [0.2, 0.25) is 0 Å². The molecular formula is C22H24N2O5S2. The third-order valence-corrected chi connectivity index (χ3v) is 8.62. The van der Waals surface area contributed by atoms with Crippen molar-refractivity contribution in [2.24, 2.45) is 4.99 Å². The second kappa shape index (κ2) is 8.55. The molecule has 31 heavy (non-hydrogen) atoms. The summed E-state index contributed by atoms with van der Waals surface area (Å²) in [4.78, 5) is 19.0. The summed E-state index contributed by atoms with van der Waals surface area (Å²) in [6.45, 7) is 1.99. The maximum atomic E-state index is 12.7. The van der Waals surface area contributed by atoms with Gasteiger partial charge < -0.3 is 14.4 Å². The fourth-order valence-electron chi connectivity index (χ4n) is 3.86. The van der Waals surface area contributed by atoms with Crippen LogP contribution < -0.4 is 14.4 Å². The average Bonchev–Trinajstić information content (AvgIpc) is 3.19. The first-order valence-electron chi connectivity index (χ1n) is 9.85. The second-order valence-electron chi connectivity index (χ2n) is 7.66. The Morgan fingerprint density at radius 2 is 1.87 bits per heavy atom. The lowest BCUT2D eigenvalue weighted by Gasteiger charge is -2.26. The molecule has 2 aliphatic heterocycles. The molecule has 0 saturated carbocycles. The van der Waals surface area contributed by atoms with Crippen LogP contribution in [0.3, 0.4) is 0 Å². The van der Waals surface area contributed by atoms with E-state index in [2.05, 4.69) is 4.99 Å². The predicted octanol–water partition coefficient (Wildman–Crippen LogP) is 2.86. The van der Waals surface area contributed by atoms with Crippen LogP contribution >= 0.6 is 11.8 Å². The number of methoxy groups -OCH3 is 2. The molecule has 0 N–H and O–H groups in total. The number of amidine groups is 1. The van der Waals surface area contributed by atoms with Gasteiger partial charge in [0.05, 0.1) is 43.9 Å². The predicted molar refractivity (Wildman–Crippen MR) is 123 cm³/mol. The number of thioether (sulfide) groups is 1. The summed E-state index contributed by atoms with van der Waals surface area (Å²) >= 11 is 1.35. The monoisotopic (exact) mass is 460 g/mol. The maximum absolute atomic E-state index is 12.7. The Labute approximate surface area is 186 Å². The van der Waals surface area contributed by atoms with Gasteiger partial charge in [0.25, 0.3) is 5.91 Å². The standard InChI is InChI=1S/C22H24N2O5S2/c1-14-4-6-15(7-5-14)10-21(25)23-22-24(18-12-31(26,27)13-20(18)30-22)17-9-8-16(28-2)11-19(17)29-3/h4-9,11,18,20H,10,12-13H2,1-3H3/t18-,20+/m0/s1. The SMILES string of the molecule is COc1ccc(N2C(=NC(=O)Cc3ccc(C)cc3)S[C@@H]3CS(=O)(=O)C[C@@H]32)c(OC)c1. The number of hydrogen-bond donors (Lipinski definition) is 0. The Morgan fingerprint density at radius 1 is 1.13 bits per heavy atom. The lowest BCUT2D eigenvalue weighted by Crippen LogP contribution is -2.38. The molecule has 2 heterocycles. The Bertz CT molecular complexity index is 1130. The van der Waals surface area contributed by atoms with Gasteiger partial charge in [0.1, 0.15) is 11.5 Å². The van der Waals surface area contributed by atoms with Crippen LogP contribution in [0, 0.1) is 6.92 Å². The second-order valence-corrected chi connectivity index (χ2v) is 11.0. The van der Waals surface area contributed by atoms with E-state index in [0.29, 0.717) is 22.4 Å². The largest absolute Gasteiger partial charge is 0.497 e. The third kappa shape index (κ3) is 4.57. The van der Waals surface area contributed by atoms with E-state index in [9.17, 15) is 13.2 Å². The fraction of sp³-hybridized carbons (Fsp3) is 0.364. The number of aliphatic imine (C=N–C) groups is 1. The molecule has 2 aromatic carbocycles. The van der Waals surface area contributed by atoms with E-state index < -0.39 is 9.84 Å². The molecule has 2 aliphatic rings. The van der Waals surface area contributed by atoms with E-state index in [0.717, 1.165) is 11.1 Å². The molecule has 0 aliphatic carbocycles. The van der Waals surface area contributed by atoms with Crippen LogP contribution in [0.25, 0.3) is 0 Å². The zero-order chi connectivity index (χ0) is 22.2. The van der Waals surface area contributed by atoms with E-state index in [1.807, 2.05) is 42.2 Å². The highest BCUT2D eigenvalue weighted by Gasteiger charge is 2.50. The molecule has 2 saturated heterocycles. The van der Waals surface area contributed by atoms with Crippen LogP contribution in [0.15, 0.2) is 47.5 Å². The van der Waals surface area contributed by atoms with E-state index >= 15 is 0 Å². The summed E-state index contributed by atoms with van der Waals surface area (Å²) in [6, 6.07) is 12.8. The number of aryl methyl sites for hydroxylation is 1. The molecule has 0 aromatic heterocycles. The molecule has 4 rings (SSSR count). The first kappa shape index (κ1) is 21.7. The van der Waals surface area contributed by atoms with Crippen molar-refractivity contribution in [2.45, 2.75) is 24.6 Å². The number of fused-ring (bicyclic) bond motifs is 1. The van der Waals surface area contributed by atoms with Gasteiger partial charge >= 0.3 is 0 Å². The summed E-state index contributed by atoms with van der Waals surface area (Å²) in [5, 5.41) is 0.327. The van der Waals surface area contributed by atoms with Gasteiger partial charge in [-0.15, -0.1) is 0 Å². The zero-order valence-electron chi connectivity index (χ0n) is 17.6. The highest BCUT2D eigenvalue weighted by atomic mass is 32.2. The number of amides is 1. The van der Waals surface area contributed by atoms with Gasteiger partial charge in [-0.2, -0.15) is 4.99 Å². The van der Waals surface area contributed by atoms with Crippen molar-refractivity contribution in [3.8, 4) is 11.5 Å². The van der Waals surface area contributed by atoms with Gasteiger partial charge in [-0.3, -0.25) is 4.79 Å². The quantitative estimate of drug-likeness (QED) is 0.678. The number of carbonyl (C=O) groups is 1. The summed E-state index contributed by atoms with van der Waals surface area (Å²) in [7, 11) is -0.0401. The Balaban J connectivity index is 1.69. The minimum Gasteiger partial charge on any atom is -0.497 e. The highest BCUT2D eigenvalue weighted by Crippen LogP contribution is 2.44. The Kier molecular flexibility index (Phi) is 5.98. The normalized spacial score (nSPS) is 23.1. The number of sulfone groups is 1. The lowest BCUT2D eigenvalue weighted by atomic mass is 10.1. The molecule has 1 amide bonds.